The summed E-state index contributed by atoms with van der Waals surface area (Å²) < 4.78 is 5.42. The van der Waals surface area contributed by atoms with Crippen molar-refractivity contribution in [1.82, 2.24) is 5.32 Å². The van der Waals surface area contributed by atoms with Crippen LogP contribution >= 0.6 is 0 Å². The van der Waals surface area contributed by atoms with E-state index < -0.39 is 0 Å². The summed E-state index contributed by atoms with van der Waals surface area (Å²) >= 11 is 0. The highest BCUT2D eigenvalue weighted by molar-refractivity contribution is 5.37. The number of aryl methyl sites for hydroxylation is 1. The summed E-state index contributed by atoms with van der Waals surface area (Å²) in [4.78, 5) is 0. The lowest BCUT2D eigenvalue weighted by molar-refractivity contribution is 0.407. The van der Waals surface area contributed by atoms with Crippen LogP contribution in [0.1, 0.15) is 23.6 Å². The smallest absolute Gasteiger partial charge is 0.123 e. The summed E-state index contributed by atoms with van der Waals surface area (Å²) in [5.74, 6) is 0.967. The van der Waals surface area contributed by atoms with Crippen molar-refractivity contribution in [2.45, 2.75) is 26.3 Å². The van der Waals surface area contributed by atoms with Crippen LogP contribution in [-0.2, 0) is 19.4 Å². The summed E-state index contributed by atoms with van der Waals surface area (Å²) in [5, 5.41) is 3.50. The number of hydrogen-bond donors (Lipinski definition) is 1. The van der Waals surface area contributed by atoms with Gasteiger partial charge < -0.3 is 10.1 Å². The molecule has 0 heterocycles. The van der Waals surface area contributed by atoms with Crippen LogP contribution in [-0.4, -0.2) is 13.7 Å². The molecule has 0 saturated heterocycles. The monoisotopic (exact) mass is 269 g/mol. The Morgan fingerprint density at radius 3 is 2.50 bits per heavy atom. The average Bonchev–Trinajstić information content (AvgIpc) is 2.52. The molecule has 0 saturated carbocycles. The van der Waals surface area contributed by atoms with Gasteiger partial charge in [-0.15, -0.1) is 0 Å². The molecule has 0 aliphatic heterocycles. The van der Waals surface area contributed by atoms with Gasteiger partial charge in [-0.05, 0) is 36.6 Å². The van der Waals surface area contributed by atoms with Crippen molar-refractivity contribution in [1.29, 1.82) is 0 Å². The number of benzene rings is 2. The molecule has 0 fully saturated rings. The van der Waals surface area contributed by atoms with Gasteiger partial charge in [0.1, 0.15) is 5.75 Å². The molecule has 1 N–H and O–H groups in total. The molecule has 0 aliphatic carbocycles. The molecule has 106 valence electrons. The zero-order valence-electron chi connectivity index (χ0n) is 12.4. The van der Waals surface area contributed by atoms with E-state index in [0.29, 0.717) is 0 Å². The molecule has 0 amide bonds. The highest BCUT2D eigenvalue weighted by Gasteiger charge is 2.03. The Morgan fingerprint density at radius 2 is 1.80 bits per heavy atom. The van der Waals surface area contributed by atoms with E-state index in [1.165, 1.54) is 16.7 Å². The van der Waals surface area contributed by atoms with Crippen LogP contribution in [0.25, 0.3) is 0 Å². The zero-order chi connectivity index (χ0) is 14.2. The molecule has 0 aliphatic rings. The van der Waals surface area contributed by atoms with Crippen molar-refractivity contribution in [2.75, 3.05) is 13.7 Å². The molecule has 2 aromatic rings. The van der Waals surface area contributed by atoms with E-state index in [0.717, 1.165) is 31.7 Å². The Kier molecular flexibility index (Phi) is 5.63. The lowest BCUT2D eigenvalue weighted by atomic mass is 10.1. The molecule has 0 atom stereocenters. The first-order valence-electron chi connectivity index (χ1n) is 7.24. The van der Waals surface area contributed by atoms with Gasteiger partial charge in [0.05, 0.1) is 7.11 Å². The molecule has 0 spiro atoms. The first-order valence-corrected chi connectivity index (χ1v) is 7.24. The van der Waals surface area contributed by atoms with Crippen LogP contribution < -0.4 is 10.1 Å². The molecular weight excluding hydrogens is 246 g/mol. The Balaban J connectivity index is 1.87. The Bertz CT molecular complexity index is 522. The molecule has 0 radical (unpaired) electrons. The molecule has 2 rings (SSSR count). The third kappa shape index (κ3) is 4.10. The highest BCUT2D eigenvalue weighted by Crippen LogP contribution is 2.20. The maximum absolute atomic E-state index is 5.42. The third-order valence-electron chi connectivity index (χ3n) is 3.50. The molecule has 0 aromatic heterocycles. The van der Waals surface area contributed by atoms with Crippen LogP contribution in [0.15, 0.2) is 48.5 Å². The number of methoxy groups -OCH3 is 1. The van der Waals surface area contributed by atoms with Gasteiger partial charge in [-0.2, -0.15) is 0 Å². The molecule has 20 heavy (non-hydrogen) atoms. The fourth-order valence-electron chi connectivity index (χ4n) is 2.29. The molecule has 2 heteroatoms. The lowest BCUT2D eigenvalue weighted by Gasteiger charge is -2.11. The Labute approximate surface area is 121 Å². The minimum absolute atomic E-state index is 0.851. The average molecular weight is 269 g/mol. The maximum Gasteiger partial charge on any atom is 0.123 e. The summed E-state index contributed by atoms with van der Waals surface area (Å²) in [6.07, 6.45) is 2.11. The minimum Gasteiger partial charge on any atom is -0.496 e. The quantitative estimate of drug-likeness (QED) is 0.776. The first kappa shape index (κ1) is 14.6. The van der Waals surface area contributed by atoms with Crippen molar-refractivity contribution in [3.05, 3.63) is 65.2 Å². The van der Waals surface area contributed by atoms with Gasteiger partial charge in [-0.25, -0.2) is 0 Å². The van der Waals surface area contributed by atoms with E-state index >= 15 is 0 Å². The second kappa shape index (κ2) is 7.71. The normalized spacial score (nSPS) is 10.5. The second-order valence-electron chi connectivity index (χ2n) is 4.91. The van der Waals surface area contributed by atoms with Crippen LogP contribution in [0.5, 0.6) is 5.75 Å². The van der Waals surface area contributed by atoms with Gasteiger partial charge in [0, 0.05) is 12.1 Å². The minimum atomic E-state index is 0.851. The summed E-state index contributed by atoms with van der Waals surface area (Å²) in [6.45, 7) is 4.00. The van der Waals surface area contributed by atoms with Crippen molar-refractivity contribution in [3.63, 3.8) is 0 Å². The molecule has 0 unspecified atom stereocenters. The van der Waals surface area contributed by atoms with E-state index in [-0.39, 0.29) is 0 Å². The van der Waals surface area contributed by atoms with Gasteiger partial charge in [0.25, 0.3) is 0 Å². The van der Waals surface area contributed by atoms with Gasteiger partial charge in [0.2, 0.25) is 0 Å². The van der Waals surface area contributed by atoms with Crippen LogP contribution in [0, 0.1) is 0 Å². The number of nitrogens with one attached hydrogen (secondary N) is 1. The van der Waals surface area contributed by atoms with E-state index in [9.17, 15) is 0 Å². The predicted octanol–water partition coefficient (Wildman–Crippen LogP) is 3.59. The van der Waals surface area contributed by atoms with Crippen LogP contribution in [0.4, 0.5) is 0 Å². The number of rotatable bonds is 7. The van der Waals surface area contributed by atoms with E-state index in [2.05, 4.69) is 60.8 Å². The van der Waals surface area contributed by atoms with Gasteiger partial charge >= 0.3 is 0 Å². The SMILES string of the molecule is CCc1ccc(OC)c(CNCCc2ccccc2)c1. The standard InChI is InChI=1S/C18H23NO/c1-3-15-9-10-18(20-2)17(13-15)14-19-12-11-16-7-5-4-6-8-16/h4-10,13,19H,3,11-12,14H2,1-2H3. The number of ether oxygens (including phenoxy) is 1. The van der Waals surface area contributed by atoms with Crippen molar-refractivity contribution in [2.24, 2.45) is 0 Å². The van der Waals surface area contributed by atoms with Gasteiger partial charge in [-0.1, -0.05) is 49.4 Å². The number of hydrogen-bond acceptors (Lipinski definition) is 2. The molecule has 0 bridgehead atoms. The Hall–Kier alpha value is -1.80. The van der Waals surface area contributed by atoms with Crippen LogP contribution in [0.2, 0.25) is 0 Å². The summed E-state index contributed by atoms with van der Waals surface area (Å²) in [5.41, 5.74) is 3.96. The first-order chi connectivity index (χ1) is 9.83. The van der Waals surface area contributed by atoms with Crippen molar-refractivity contribution in [3.8, 4) is 5.75 Å². The predicted molar refractivity (Wildman–Crippen MR) is 84.2 cm³/mol. The van der Waals surface area contributed by atoms with Gasteiger partial charge in [0.15, 0.2) is 0 Å². The summed E-state index contributed by atoms with van der Waals surface area (Å²) in [6, 6.07) is 17.0. The fourth-order valence-corrected chi connectivity index (χ4v) is 2.29. The second-order valence-corrected chi connectivity index (χ2v) is 4.91. The highest BCUT2D eigenvalue weighted by atomic mass is 16.5. The van der Waals surface area contributed by atoms with Crippen molar-refractivity contribution >= 4 is 0 Å². The van der Waals surface area contributed by atoms with Crippen molar-refractivity contribution < 1.29 is 4.74 Å². The fraction of sp³-hybridized carbons (Fsp3) is 0.333. The zero-order valence-corrected chi connectivity index (χ0v) is 12.4. The third-order valence-corrected chi connectivity index (χ3v) is 3.50. The van der Waals surface area contributed by atoms with E-state index in [1.54, 1.807) is 7.11 Å². The van der Waals surface area contributed by atoms with Gasteiger partial charge in [-0.3, -0.25) is 0 Å². The largest absolute Gasteiger partial charge is 0.496 e. The van der Waals surface area contributed by atoms with Crippen LogP contribution in [0.3, 0.4) is 0 Å². The summed E-state index contributed by atoms with van der Waals surface area (Å²) in [7, 11) is 1.73. The molecular formula is C18H23NO. The Morgan fingerprint density at radius 1 is 1.00 bits per heavy atom. The van der Waals surface area contributed by atoms with E-state index in [4.69, 9.17) is 4.74 Å². The lowest BCUT2D eigenvalue weighted by Crippen LogP contribution is -2.17. The van der Waals surface area contributed by atoms with E-state index in [1.807, 2.05) is 0 Å². The topological polar surface area (TPSA) is 21.3 Å². The molecule has 2 nitrogen and oxygen atoms in total. The molecule has 2 aromatic carbocycles. The maximum atomic E-state index is 5.42.